The van der Waals surface area contributed by atoms with Crippen LogP contribution >= 0.6 is 11.3 Å². The first-order chi connectivity index (χ1) is 30.6. The predicted molar refractivity (Wildman–Crippen MR) is 264 cm³/mol. The van der Waals surface area contributed by atoms with Crippen molar-refractivity contribution < 1.29 is 4.42 Å². The molecule has 12 aromatic rings. The van der Waals surface area contributed by atoms with E-state index in [4.69, 9.17) is 14.4 Å². The number of allylic oxidation sites excluding steroid dienone is 1. The molecule has 4 heterocycles. The molecule has 0 bridgehead atoms. The third kappa shape index (κ3) is 5.38. The van der Waals surface area contributed by atoms with Gasteiger partial charge in [0, 0.05) is 64.3 Å². The van der Waals surface area contributed by atoms with Crippen molar-refractivity contribution in [2.45, 2.75) is 13.3 Å². The monoisotopic (exact) mass is 811 g/mol. The maximum atomic E-state index is 6.66. The minimum absolute atomic E-state index is 0.0727. The van der Waals surface area contributed by atoms with E-state index in [1.165, 1.54) is 52.7 Å². The summed E-state index contributed by atoms with van der Waals surface area (Å²) in [7, 11) is 0. The summed E-state index contributed by atoms with van der Waals surface area (Å²) in [5.74, 6) is 0.757. The number of benzene rings is 9. The van der Waals surface area contributed by atoms with Crippen molar-refractivity contribution in [2.24, 2.45) is 15.9 Å². The summed E-state index contributed by atoms with van der Waals surface area (Å²) in [6.07, 6.45) is 3.10. The highest BCUT2D eigenvalue weighted by Gasteiger charge is 2.26. The van der Waals surface area contributed by atoms with Gasteiger partial charge < -0.3 is 8.98 Å². The van der Waals surface area contributed by atoms with Crippen molar-refractivity contribution in [1.29, 1.82) is 0 Å². The van der Waals surface area contributed by atoms with Crippen molar-refractivity contribution in [3.05, 3.63) is 205 Å². The molecule has 1 unspecified atom stereocenters. The first-order valence-corrected chi connectivity index (χ1v) is 22.1. The molecule has 1 aliphatic heterocycles. The predicted octanol–water partition coefficient (Wildman–Crippen LogP) is 15.7. The molecule has 0 radical (unpaired) electrons. The van der Waals surface area contributed by atoms with Crippen LogP contribution in [0.25, 0.3) is 96.8 Å². The van der Waals surface area contributed by atoms with E-state index in [1.54, 1.807) is 0 Å². The fourth-order valence-corrected chi connectivity index (χ4v) is 11.0. The van der Waals surface area contributed by atoms with E-state index in [9.17, 15) is 0 Å². The largest absolute Gasteiger partial charge is 0.456 e. The molecule has 1 aliphatic rings. The normalized spacial score (nSPS) is 17.4. The smallest absolute Gasteiger partial charge is 0.160 e. The number of amidine groups is 1. The number of hydrogen-bond donors (Lipinski definition) is 0. The third-order valence-electron chi connectivity index (χ3n) is 12.8. The first kappa shape index (κ1) is 35.2. The molecule has 4 nitrogen and oxygen atoms in total. The van der Waals surface area contributed by atoms with E-state index in [0.717, 1.165) is 73.0 Å². The summed E-state index contributed by atoms with van der Waals surface area (Å²) in [6.45, 7) is 2.32. The molecular weight excluding hydrogens is 775 g/mol. The Morgan fingerprint density at radius 3 is 2.11 bits per heavy atom. The summed E-state index contributed by atoms with van der Waals surface area (Å²) in [5, 5.41) is 11.8. The number of hydrogen-bond acceptors (Lipinski definition) is 4. The second-order valence-electron chi connectivity index (χ2n) is 16.5. The average Bonchev–Trinajstić information content (AvgIpc) is 3.99. The number of nitrogens with zero attached hydrogens (tertiary/aromatic N) is 3. The van der Waals surface area contributed by atoms with Crippen LogP contribution in [-0.2, 0) is 0 Å². The third-order valence-corrected chi connectivity index (χ3v) is 14.0. The molecule has 0 saturated carbocycles. The lowest BCUT2D eigenvalue weighted by Crippen LogP contribution is -2.17. The second kappa shape index (κ2) is 13.7. The topological polar surface area (TPSA) is 42.8 Å². The van der Waals surface area contributed by atoms with Gasteiger partial charge >= 0.3 is 0 Å². The molecule has 62 heavy (non-hydrogen) atoms. The molecule has 0 saturated heterocycles. The minimum Gasteiger partial charge on any atom is -0.456 e. The van der Waals surface area contributed by atoms with Crippen LogP contribution in [0, 0.1) is 5.92 Å². The molecule has 0 N–H and O–H groups in total. The standard InChI is InChI=1S/C57H37N3OS/c1-34-25-28-45(58-57(39-27-26-35-13-2-3-14-36(35)31-39)59-56(34)43-20-12-24-52-53(43)42-19-8-11-23-51(42)62-52)55-47(29-30-50-54(55)41-18-7-10-22-49(41)61-50)60-46-21-9-6-17-40(46)44-32-37-15-4-5-16-38(37)33-48(44)60/h2-24,26-34H,25H2,1H3/b45-28+,58-57-,59-56+. The summed E-state index contributed by atoms with van der Waals surface area (Å²) in [6, 6.07) is 65.4. The molecule has 3 aromatic heterocycles. The van der Waals surface area contributed by atoms with Crippen LogP contribution in [0.5, 0.6) is 0 Å². The van der Waals surface area contributed by atoms with Gasteiger partial charge in [0.2, 0.25) is 0 Å². The highest BCUT2D eigenvalue weighted by Crippen LogP contribution is 2.44. The van der Waals surface area contributed by atoms with Crippen molar-refractivity contribution in [3.8, 4) is 5.69 Å². The van der Waals surface area contributed by atoms with Crippen LogP contribution in [-0.4, -0.2) is 16.1 Å². The van der Waals surface area contributed by atoms with Crippen molar-refractivity contribution in [3.63, 3.8) is 0 Å². The number of aromatic nitrogens is 1. The lowest BCUT2D eigenvalue weighted by Gasteiger charge is -2.21. The molecular formula is C57H37N3OS. The van der Waals surface area contributed by atoms with Crippen LogP contribution < -0.4 is 0 Å². The van der Waals surface area contributed by atoms with E-state index < -0.39 is 0 Å². The van der Waals surface area contributed by atoms with Crippen LogP contribution in [0.2, 0.25) is 0 Å². The molecule has 0 spiro atoms. The molecule has 1 atom stereocenters. The molecule has 5 heteroatoms. The number of para-hydroxylation sites is 2. The zero-order chi connectivity index (χ0) is 40.9. The lowest BCUT2D eigenvalue weighted by atomic mass is 9.90. The number of fused-ring (bicyclic) bond motifs is 11. The maximum Gasteiger partial charge on any atom is 0.160 e. The molecule has 13 rings (SSSR count). The van der Waals surface area contributed by atoms with Gasteiger partial charge in [-0.15, -0.1) is 11.3 Å². The Balaban J connectivity index is 1.13. The number of furan rings is 1. The highest BCUT2D eigenvalue weighted by molar-refractivity contribution is 7.25. The Hall–Kier alpha value is -7.60. The van der Waals surface area contributed by atoms with E-state index in [0.29, 0.717) is 5.84 Å². The maximum absolute atomic E-state index is 6.66. The van der Waals surface area contributed by atoms with Gasteiger partial charge in [0.25, 0.3) is 0 Å². The van der Waals surface area contributed by atoms with Crippen LogP contribution in [0.1, 0.15) is 30.0 Å². The summed E-state index contributed by atoms with van der Waals surface area (Å²) < 4.78 is 11.7. The molecule has 0 aliphatic carbocycles. The SMILES string of the molecule is CC1C/C=C(c2c(-n3c4ccccc4c4cc5ccccc5cc43)ccc3oc4ccccc4c23)/N=C(c2ccc3ccccc3c2)\N=C/1c1cccc2sc3ccccc3c12. The summed E-state index contributed by atoms with van der Waals surface area (Å²) in [5.41, 5.74) is 10.1. The zero-order valence-corrected chi connectivity index (χ0v) is 34.7. The van der Waals surface area contributed by atoms with E-state index in [-0.39, 0.29) is 5.92 Å². The number of aliphatic imine (C=N–C) groups is 2. The van der Waals surface area contributed by atoms with Crippen LogP contribution in [0.15, 0.2) is 202 Å². The van der Waals surface area contributed by atoms with Gasteiger partial charge in [0.15, 0.2) is 5.84 Å². The summed E-state index contributed by atoms with van der Waals surface area (Å²) >= 11 is 1.84. The van der Waals surface area contributed by atoms with Crippen molar-refractivity contribution in [1.82, 2.24) is 4.57 Å². The quantitative estimate of drug-likeness (QED) is 0.175. The van der Waals surface area contributed by atoms with Crippen LogP contribution in [0.3, 0.4) is 0 Å². The Labute approximate surface area is 361 Å². The molecule has 0 fully saturated rings. The zero-order valence-electron chi connectivity index (χ0n) is 33.8. The Bertz CT molecular complexity index is 3930. The van der Waals surface area contributed by atoms with Gasteiger partial charge in [-0.05, 0) is 82.6 Å². The molecule has 0 amide bonds. The molecule has 9 aromatic carbocycles. The van der Waals surface area contributed by atoms with Crippen molar-refractivity contribution in [2.75, 3.05) is 0 Å². The fraction of sp³-hybridized carbons (Fsp3) is 0.0526. The Morgan fingerprint density at radius 1 is 0.532 bits per heavy atom. The van der Waals surface area contributed by atoms with Gasteiger partial charge in [-0.1, -0.05) is 140 Å². The number of thiophene rings is 1. The highest BCUT2D eigenvalue weighted by atomic mass is 32.1. The number of rotatable bonds is 4. The fourth-order valence-electron chi connectivity index (χ4n) is 9.90. The average molecular weight is 812 g/mol. The minimum atomic E-state index is 0.0727. The van der Waals surface area contributed by atoms with Gasteiger partial charge in [-0.2, -0.15) is 0 Å². The van der Waals surface area contributed by atoms with Gasteiger partial charge in [0.05, 0.1) is 28.1 Å². The van der Waals surface area contributed by atoms with E-state index in [1.807, 2.05) is 17.4 Å². The van der Waals surface area contributed by atoms with E-state index in [2.05, 4.69) is 193 Å². The lowest BCUT2D eigenvalue weighted by molar-refractivity contribution is 0.669. The Kier molecular flexibility index (Phi) is 7.78. The second-order valence-corrected chi connectivity index (χ2v) is 17.6. The molecule has 292 valence electrons. The first-order valence-electron chi connectivity index (χ1n) is 21.3. The van der Waals surface area contributed by atoms with Gasteiger partial charge in [-0.3, -0.25) is 0 Å². The van der Waals surface area contributed by atoms with Gasteiger partial charge in [-0.25, -0.2) is 9.98 Å². The summed E-state index contributed by atoms with van der Waals surface area (Å²) in [4.78, 5) is 11.5. The Morgan fingerprint density at radius 2 is 1.24 bits per heavy atom. The van der Waals surface area contributed by atoms with Gasteiger partial charge in [0.1, 0.15) is 11.2 Å². The van der Waals surface area contributed by atoms with E-state index >= 15 is 0 Å². The van der Waals surface area contributed by atoms with Crippen LogP contribution in [0.4, 0.5) is 0 Å². The van der Waals surface area contributed by atoms with Crippen molar-refractivity contribution >= 4 is 114 Å².